The second-order valence-electron chi connectivity index (χ2n) is 9.02. The summed E-state index contributed by atoms with van der Waals surface area (Å²) in [7, 11) is -4.13. The SMILES string of the molecule is NC(=O)C1CN(C(=O)NC(c2ccccc2)c2ccccc2)CCN1S(=O)(=O)c1cccc2cccnc12. The molecule has 1 aromatic heterocycles. The third-order valence-electron chi connectivity index (χ3n) is 6.66. The highest BCUT2D eigenvalue weighted by Gasteiger charge is 2.41. The highest BCUT2D eigenvalue weighted by Crippen LogP contribution is 2.28. The average molecular weight is 530 g/mol. The molecule has 1 unspecified atom stereocenters. The number of rotatable bonds is 6. The third-order valence-corrected chi connectivity index (χ3v) is 8.60. The zero-order chi connectivity index (χ0) is 26.7. The predicted octanol–water partition coefficient (Wildman–Crippen LogP) is 2.89. The molecule has 3 amide bonds. The minimum absolute atomic E-state index is 0.00651. The number of hydrogen-bond donors (Lipinski definition) is 2. The Morgan fingerprint density at radius 3 is 2.13 bits per heavy atom. The Hall–Kier alpha value is -4.28. The van der Waals surface area contributed by atoms with Gasteiger partial charge in [0.1, 0.15) is 10.9 Å². The van der Waals surface area contributed by atoms with Gasteiger partial charge in [0.2, 0.25) is 15.9 Å². The van der Waals surface area contributed by atoms with Crippen LogP contribution in [0.2, 0.25) is 0 Å². The molecule has 0 bridgehead atoms. The molecule has 194 valence electrons. The fraction of sp³-hybridized carbons (Fsp3) is 0.179. The smallest absolute Gasteiger partial charge is 0.318 e. The van der Waals surface area contributed by atoms with Crippen LogP contribution in [0.1, 0.15) is 17.2 Å². The largest absolute Gasteiger partial charge is 0.368 e. The first-order chi connectivity index (χ1) is 18.4. The topological polar surface area (TPSA) is 126 Å². The maximum atomic E-state index is 13.7. The number of nitrogens with two attached hydrogens (primary N) is 1. The number of fused-ring (bicyclic) bond motifs is 1. The van der Waals surface area contributed by atoms with Crippen LogP contribution in [-0.4, -0.2) is 60.2 Å². The molecule has 1 aliphatic heterocycles. The van der Waals surface area contributed by atoms with E-state index < -0.39 is 34.0 Å². The Bertz CT molecular complexity index is 1520. The number of nitrogens with one attached hydrogen (secondary N) is 1. The molecule has 1 saturated heterocycles. The first-order valence-electron chi connectivity index (χ1n) is 12.2. The van der Waals surface area contributed by atoms with E-state index in [1.165, 1.54) is 17.2 Å². The van der Waals surface area contributed by atoms with Gasteiger partial charge in [-0.25, -0.2) is 13.2 Å². The van der Waals surface area contributed by atoms with Crippen molar-refractivity contribution < 1.29 is 18.0 Å². The molecule has 5 rings (SSSR count). The van der Waals surface area contributed by atoms with Gasteiger partial charge >= 0.3 is 6.03 Å². The number of sulfonamides is 1. The number of para-hydroxylation sites is 1. The number of aromatic nitrogens is 1. The molecule has 3 aromatic carbocycles. The summed E-state index contributed by atoms with van der Waals surface area (Å²) in [4.78, 5) is 31.6. The molecule has 9 nitrogen and oxygen atoms in total. The molecule has 1 aliphatic rings. The zero-order valence-electron chi connectivity index (χ0n) is 20.5. The second-order valence-corrected chi connectivity index (χ2v) is 10.9. The number of primary amides is 1. The van der Waals surface area contributed by atoms with Gasteiger partial charge in [0.05, 0.1) is 11.6 Å². The van der Waals surface area contributed by atoms with E-state index >= 15 is 0 Å². The number of piperazine rings is 1. The fourth-order valence-electron chi connectivity index (χ4n) is 4.75. The first kappa shape index (κ1) is 25.4. The Balaban J connectivity index is 1.40. The van der Waals surface area contributed by atoms with Crippen LogP contribution >= 0.6 is 0 Å². The molecule has 10 heteroatoms. The van der Waals surface area contributed by atoms with Crippen molar-refractivity contribution in [1.82, 2.24) is 19.5 Å². The highest BCUT2D eigenvalue weighted by atomic mass is 32.2. The van der Waals surface area contributed by atoms with Gasteiger partial charge in [-0.15, -0.1) is 0 Å². The number of urea groups is 1. The third kappa shape index (κ3) is 4.96. The maximum absolute atomic E-state index is 13.7. The van der Waals surface area contributed by atoms with Gasteiger partial charge in [0.25, 0.3) is 0 Å². The van der Waals surface area contributed by atoms with Crippen molar-refractivity contribution in [3.8, 4) is 0 Å². The van der Waals surface area contributed by atoms with Crippen molar-refractivity contribution in [1.29, 1.82) is 0 Å². The van der Waals surface area contributed by atoms with Crippen molar-refractivity contribution in [3.05, 3.63) is 108 Å². The summed E-state index contributed by atoms with van der Waals surface area (Å²) in [5, 5.41) is 3.71. The number of carbonyl (C=O) groups is 2. The highest BCUT2D eigenvalue weighted by molar-refractivity contribution is 7.89. The van der Waals surface area contributed by atoms with E-state index in [4.69, 9.17) is 5.73 Å². The zero-order valence-corrected chi connectivity index (χ0v) is 21.3. The average Bonchev–Trinajstić information content (AvgIpc) is 2.96. The molecule has 0 saturated carbocycles. The van der Waals surface area contributed by atoms with Crippen molar-refractivity contribution >= 4 is 32.9 Å². The van der Waals surface area contributed by atoms with E-state index in [-0.39, 0.29) is 24.5 Å². The molecular weight excluding hydrogens is 502 g/mol. The Labute approximate surface area is 220 Å². The summed E-state index contributed by atoms with van der Waals surface area (Å²) < 4.78 is 28.5. The number of carbonyl (C=O) groups excluding carboxylic acids is 2. The molecule has 0 aliphatic carbocycles. The molecule has 4 aromatic rings. The predicted molar refractivity (Wildman–Crippen MR) is 143 cm³/mol. The molecule has 38 heavy (non-hydrogen) atoms. The molecule has 3 N–H and O–H groups in total. The van der Waals surface area contributed by atoms with Crippen LogP contribution in [0.5, 0.6) is 0 Å². The summed E-state index contributed by atoms with van der Waals surface area (Å²) >= 11 is 0. The second kappa shape index (κ2) is 10.6. The lowest BCUT2D eigenvalue weighted by molar-refractivity contribution is -0.122. The molecular formula is C28H27N5O4S. The van der Waals surface area contributed by atoms with Crippen LogP contribution in [0.25, 0.3) is 10.9 Å². The summed E-state index contributed by atoms with van der Waals surface area (Å²) in [6.45, 7) is -0.174. The standard InChI is InChI=1S/C28H27N5O4S/c29-27(34)23-19-32(28(35)31-25(20-9-3-1-4-10-20)21-11-5-2-6-12-21)17-18-33(23)38(36,37)24-15-7-13-22-14-8-16-30-26(22)24/h1-16,23,25H,17-19H2,(H2,29,34)(H,31,35). The Morgan fingerprint density at radius 1 is 0.868 bits per heavy atom. The van der Waals surface area contributed by atoms with E-state index in [1.807, 2.05) is 60.7 Å². The van der Waals surface area contributed by atoms with Crippen molar-refractivity contribution in [3.63, 3.8) is 0 Å². The molecule has 0 spiro atoms. The van der Waals surface area contributed by atoms with E-state index in [2.05, 4.69) is 10.3 Å². The van der Waals surface area contributed by atoms with Crippen LogP contribution in [0, 0.1) is 0 Å². The lowest BCUT2D eigenvalue weighted by Crippen LogP contribution is -2.62. The fourth-order valence-corrected chi connectivity index (χ4v) is 6.49. The van der Waals surface area contributed by atoms with E-state index in [0.717, 1.165) is 15.4 Å². The van der Waals surface area contributed by atoms with Crippen molar-refractivity contribution in [2.75, 3.05) is 19.6 Å². The summed E-state index contributed by atoms with van der Waals surface area (Å²) in [5.74, 6) is -0.832. The van der Waals surface area contributed by atoms with Crippen LogP contribution in [-0.2, 0) is 14.8 Å². The van der Waals surface area contributed by atoms with Gasteiger partial charge in [-0.2, -0.15) is 4.31 Å². The van der Waals surface area contributed by atoms with Gasteiger partial charge in [-0.3, -0.25) is 9.78 Å². The molecule has 2 heterocycles. The van der Waals surface area contributed by atoms with Gasteiger partial charge < -0.3 is 16.0 Å². The minimum Gasteiger partial charge on any atom is -0.368 e. The van der Waals surface area contributed by atoms with E-state index in [9.17, 15) is 18.0 Å². The quantitative estimate of drug-likeness (QED) is 0.397. The monoisotopic (exact) mass is 529 g/mol. The summed E-state index contributed by atoms with van der Waals surface area (Å²) in [5.41, 5.74) is 7.77. The molecule has 1 fully saturated rings. The number of pyridine rings is 1. The number of hydrogen-bond acceptors (Lipinski definition) is 5. The Kier molecular flexibility index (Phi) is 7.08. The van der Waals surface area contributed by atoms with Crippen molar-refractivity contribution in [2.45, 2.75) is 17.0 Å². The van der Waals surface area contributed by atoms with Crippen LogP contribution in [0.3, 0.4) is 0 Å². The number of benzene rings is 3. The number of nitrogens with zero attached hydrogens (tertiary/aromatic N) is 3. The van der Waals surface area contributed by atoms with Crippen LogP contribution in [0.4, 0.5) is 4.79 Å². The van der Waals surface area contributed by atoms with Crippen molar-refractivity contribution in [2.24, 2.45) is 5.73 Å². The lowest BCUT2D eigenvalue weighted by atomic mass is 9.99. The van der Waals surface area contributed by atoms with Crippen LogP contribution < -0.4 is 11.1 Å². The first-order valence-corrected chi connectivity index (χ1v) is 13.6. The molecule has 1 atom stereocenters. The molecule has 0 radical (unpaired) electrons. The van der Waals surface area contributed by atoms with Crippen LogP contribution in [0.15, 0.2) is 102 Å². The normalized spacial score (nSPS) is 16.4. The lowest BCUT2D eigenvalue weighted by Gasteiger charge is -2.39. The van der Waals surface area contributed by atoms with Gasteiger partial charge in [0, 0.05) is 31.2 Å². The number of amides is 3. The summed E-state index contributed by atoms with van der Waals surface area (Å²) in [6.07, 6.45) is 1.52. The van der Waals surface area contributed by atoms with Gasteiger partial charge in [-0.05, 0) is 23.3 Å². The van der Waals surface area contributed by atoms with E-state index in [0.29, 0.717) is 10.9 Å². The van der Waals surface area contributed by atoms with Gasteiger partial charge in [-0.1, -0.05) is 78.9 Å². The maximum Gasteiger partial charge on any atom is 0.318 e. The minimum atomic E-state index is -4.13. The van der Waals surface area contributed by atoms with Gasteiger partial charge in [0.15, 0.2) is 0 Å². The Morgan fingerprint density at radius 2 is 1.50 bits per heavy atom. The van der Waals surface area contributed by atoms with E-state index in [1.54, 1.807) is 24.3 Å². The summed E-state index contributed by atoms with van der Waals surface area (Å²) in [6, 6.07) is 25.3.